The van der Waals surface area contributed by atoms with Crippen molar-refractivity contribution in [1.82, 2.24) is 14.7 Å². The van der Waals surface area contributed by atoms with E-state index in [1.54, 1.807) is 38.0 Å². The molecule has 0 radical (unpaired) electrons. The summed E-state index contributed by atoms with van der Waals surface area (Å²) in [4.78, 5) is 27.9. The Hall–Kier alpha value is -4.68. The summed E-state index contributed by atoms with van der Waals surface area (Å²) in [5.41, 5.74) is 3.35. The molecule has 2 aliphatic rings. The Kier molecular flexibility index (Phi) is 7.30. The molecule has 3 heterocycles. The van der Waals surface area contributed by atoms with Crippen LogP contribution in [-0.4, -0.2) is 60.0 Å². The highest BCUT2D eigenvalue weighted by molar-refractivity contribution is 6.19. The van der Waals surface area contributed by atoms with E-state index in [4.69, 9.17) is 19.3 Å². The van der Waals surface area contributed by atoms with Crippen LogP contribution in [0.4, 0.5) is 0 Å². The standard InChI is InChI=1S/C30H28N4O5/c1-19-24(29(35)33(30(36)25(19)16-31)18-23-10-7-13-39-23)14-21-17-34(22-8-5-4-6-9-22)32-28(21)20-11-12-26(37-2)27(15-20)38-3/h4-6,8-9,11-12,14-15,17,23H,7,10,13,18H2,1-3H3/b24-14+. The molecule has 1 unspecified atom stereocenters. The summed E-state index contributed by atoms with van der Waals surface area (Å²) in [6, 6.07) is 17.1. The zero-order valence-electron chi connectivity index (χ0n) is 22.0. The maximum atomic E-state index is 13.7. The summed E-state index contributed by atoms with van der Waals surface area (Å²) in [5, 5.41) is 14.6. The second-order valence-electron chi connectivity index (χ2n) is 9.31. The van der Waals surface area contributed by atoms with Crippen molar-refractivity contribution in [3.63, 3.8) is 0 Å². The van der Waals surface area contributed by atoms with Crippen LogP contribution in [0.15, 0.2) is 71.4 Å². The molecule has 0 aliphatic carbocycles. The molecule has 3 aromatic rings. The number of para-hydroxylation sites is 1. The third kappa shape index (κ3) is 4.94. The summed E-state index contributed by atoms with van der Waals surface area (Å²) in [7, 11) is 3.13. The van der Waals surface area contributed by atoms with E-state index in [9.17, 15) is 14.9 Å². The molecule has 0 N–H and O–H groups in total. The predicted octanol–water partition coefficient (Wildman–Crippen LogP) is 4.33. The molecular formula is C30H28N4O5. The van der Waals surface area contributed by atoms with Crippen molar-refractivity contribution in [2.45, 2.75) is 25.9 Å². The van der Waals surface area contributed by atoms with Crippen molar-refractivity contribution in [1.29, 1.82) is 5.26 Å². The molecule has 0 saturated carbocycles. The average Bonchev–Trinajstić information content (AvgIpc) is 3.64. The van der Waals surface area contributed by atoms with Crippen molar-refractivity contribution in [2.24, 2.45) is 0 Å². The fourth-order valence-electron chi connectivity index (χ4n) is 4.86. The first-order valence-electron chi connectivity index (χ1n) is 12.6. The lowest BCUT2D eigenvalue weighted by atomic mass is 9.93. The Morgan fingerprint density at radius 2 is 1.87 bits per heavy atom. The fourth-order valence-corrected chi connectivity index (χ4v) is 4.86. The molecule has 2 aromatic carbocycles. The molecule has 198 valence electrons. The number of rotatable bonds is 7. The number of carbonyl (C=O) groups is 2. The third-order valence-electron chi connectivity index (χ3n) is 6.96. The van der Waals surface area contributed by atoms with Crippen molar-refractivity contribution in [2.75, 3.05) is 27.4 Å². The first kappa shape index (κ1) is 25.9. The third-order valence-corrected chi connectivity index (χ3v) is 6.96. The van der Waals surface area contributed by atoms with Crippen molar-refractivity contribution < 1.29 is 23.8 Å². The number of nitrogens with zero attached hydrogens (tertiary/aromatic N) is 4. The van der Waals surface area contributed by atoms with Gasteiger partial charge in [-0.05, 0) is 61.7 Å². The molecule has 0 spiro atoms. The van der Waals surface area contributed by atoms with Gasteiger partial charge in [0.2, 0.25) is 0 Å². The zero-order valence-corrected chi connectivity index (χ0v) is 22.0. The summed E-state index contributed by atoms with van der Waals surface area (Å²) in [5.74, 6) is 0.0603. The molecule has 1 atom stereocenters. The largest absolute Gasteiger partial charge is 0.493 e. The Morgan fingerprint density at radius 3 is 2.54 bits per heavy atom. The minimum Gasteiger partial charge on any atom is -0.493 e. The second-order valence-corrected chi connectivity index (χ2v) is 9.31. The van der Waals surface area contributed by atoms with E-state index in [0.717, 1.165) is 29.0 Å². The molecule has 2 amide bonds. The van der Waals surface area contributed by atoms with Crippen LogP contribution in [0.1, 0.15) is 25.3 Å². The number of nitriles is 1. The highest BCUT2D eigenvalue weighted by Gasteiger charge is 2.37. The van der Waals surface area contributed by atoms with Gasteiger partial charge in [-0.1, -0.05) is 18.2 Å². The summed E-state index contributed by atoms with van der Waals surface area (Å²) in [6.45, 7) is 2.33. The average molecular weight is 525 g/mol. The van der Waals surface area contributed by atoms with Crippen molar-refractivity contribution >= 4 is 17.9 Å². The minimum atomic E-state index is -0.590. The molecule has 1 saturated heterocycles. The molecule has 1 fully saturated rings. The number of amides is 2. The van der Waals surface area contributed by atoms with Gasteiger partial charge in [-0.25, -0.2) is 4.68 Å². The Labute approximate surface area is 226 Å². The monoisotopic (exact) mass is 524 g/mol. The van der Waals surface area contributed by atoms with Gasteiger partial charge in [0, 0.05) is 29.5 Å². The second kappa shape index (κ2) is 11.0. The number of hydrogen-bond donors (Lipinski definition) is 0. The molecule has 2 aliphatic heterocycles. The number of carbonyl (C=O) groups excluding carboxylic acids is 2. The van der Waals surface area contributed by atoms with Crippen molar-refractivity contribution in [3.05, 3.63) is 77.0 Å². The number of hydrogen-bond acceptors (Lipinski definition) is 7. The lowest BCUT2D eigenvalue weighted by Gasteiger charge is -2.29. The Bertz CT molecular complexity index is 1520. The van der Waals surface area contributed by atoms with Crippen LogP contribution < -0.4 is 9.47 Å². The lowest BCUT2D eigenvalue weighted by Crippen LogP contribution is -2.46. The number of imide groups is 1. The Morgan fingerprint density at radius 1 is 1.10 bits per heavy atom. The molecular weight excluding hydrogens is 496 g/mol. The first-order chi connectivity index (χ1) is 18.9. The molecule has 9 heteroatoms. The highest BCUT2D eigenvalue weighted by atomic mass is 16.5. The van der Waals surface area contributed by atoms with E-state index in [-0.39, 0.29) is 23.8 Å². The number of methoxy groups -OCH3 is 2. The molecule has 9 nitrogen and oxygen atoms in total. The summed E-state index contributed by atoms with van der Waals surface area (Å²) < 4.78 is 18.3. The normalized spacial score (nSPS) is 18.6. The zero-order chi connectivity index (χ0) is 27.5. The van der Waals surface area contributed by atoms with Gasteiger partial charge in [0.1, 0.15) is 17.3 Å². The summed E-state index contributed by atoms with van der Waals surface area (Å²) in [6.07, 6.45) is 4.91. The van der Waals surface area contributed by atoms with Gasteiger partial charge in [-0.15, -0.1) is 0 Å². The van der Waals surface area contributed by atoms with Gasteiger partial charge in [-0.3, -0.25) is 14.5 Å². The molecule has 5 rings (SSSR count). The lowest BCUT2D eigenvalue weighted by molar-refractivity contribution is -0.142. The van der Waals surface area contributed by atoms with Gasteiger partial charge < -0.3 is 14.2 Å². The maximum Gasteiger partial charge on any atom is 0.271 e. The van der Waals surface area contributed by atoms with Crippen LogP contribution in [0.2, 0.25) is 0 Å². The van der Waals surface area contributed by atoms with Crippen LogP contribution in [-0.2, 0) is 14.3 Å². The fraction of sp³-hybridized carbons (Fsp3) is 0.267. The SMILES string of the molecule is COc1ccc(-c2nn(-c3ccccc3)cc2/C=C2/C(=O)N(CC3CCCO3)C(=O)C(C#N)=C2C)cc1OC. The topological polar surface area (TPSA) is 107 Å². The van der Waals surface area contributed by atoms with Crippen LogP contribution in [0.5, 0.6) is 11.5 Å². The number of benzene rings is 2. The van der Waals surface area contributed by atoms with E-state index in [0.29, 0.717) is 34.9 Å². The van der Waals surface area contributed by atoms with Crippen LogP contribution in [0.25, 0.3) is 23.0 Å². The first-order valence-corrected chi connectivity index (χ1v) is 12.6. The smallest absolute Gasteiger partial charge is 0.271 e. The quantitative estimate of drug-likeness (QED) is 0.335. The van der Waals surface area contributed by atoms with Crippen LogP contribution in [0.3, 0.4) is 0 Å². The molecule has 0 bridgehead atoms. The Balaban J connectivity index is 1.65. The van der Waals surface area contributed by atoms with Gasteiger partial charge >= 0.3 is 0 Å². The molecule has 1 aromatic heterocycles. The highest BCUT2D eigenvalue weighted by Crippen LogP contribution is 2.35. The summed E-state index contributed by atoms with van der Waals surface area (Å²) >= 11 is 0. The van der Waals surface area contributed by atoms with Crippen molar-refractivity contribution in [3.8, 4) is 34.5 Å². The van der Waals surface area contributed by atoms with Gasteiger partial charge in [0.25, 0.3) is 11.8 Å². The predicted molar refractivity (Wildman–Crippen MR) is 144 cm³/mol. The van der Waals surface area contributed by atoms with E-state index in [1.807, 2.05) is 54.7 Å². The van der Waals surface area contributed by atoms with Crippen LogP contribution in [0, 0.1) is 11.3 Å². The number of aromatic nitrogens is 2. The van der Waals surface area contributed by atoms with E-state index >= 15 is 0 Å². The molecule has 39 heavy (non-hydrogen) atoms. The number of ether oxygens (including phenoxy) is 3. The van der Waals surface area contributed by atoms with E-state index in [2.05, 4.69) is 0 Å². The minimum absolute atomic E-state index is 0.0537. The maximum absolute atomic E-state index is 13.7. The van der Waals surface area contributed by atoms with Gasteiger partial charge in [0.15, 0.2) is 11.5 Å². The van der Waals surface area contributed by atoms with E-state index in [1.165, 1.54) is 0 Å². The van der Waals surface area contributed by atoms with Crippen LogP contribution >= 0.6 is 0 Å². The van der Waals surface area contributed by atoms with Gasteiger partial charge in [-0.2, -0.15) is 10.4 Å². The van der Waals surface area contributed by atoms with E-state index < -0.39 is 11.8 Å². The van der Waals surface area contributed by atoms with Gasteiger partial charge in [0.05, 0.1) is 32.6 Å².